The smallest absolute Gasteiger partial charge is 0.194 e. The van der Waals surface area contributed by atoms with Crippen LogP contribution in [0.3, 0.4) is 0 Å². The Balaban J connectivity index is 2.08. The molecule has 2 rings (SSSR count). The third-order valence-corrected chi connectivity index (χ3v) is 4.31. The van der Waals surface area contributed by atoms with Crippen LogP contribution < -0.4 is 5.32 Å². The predicted molar refractivity (Wildman–Crippen MR) is 103 cm³/mol. The van der Waals surface area contributed by atoms with Gasteiger partial charge in [0, 0.05) is 32.2 Å². The molecule has 6 nitrogen and oxygen atoms in total. The van der Waals surface area contributed by atoms with E-state index in [2.05, 4.69) is 27.3 Å². The molecule has 1 heterocycles. The van der Waals surface area contributed by atoms with E-state index in [-0.39, 0.29) is 0 Å². The molecule has 2 aromatic rings. The normalized spacial score (nSPS) is 11.6. The Bertz CT molecular complexity index is 692. The van der Waals surface area contributed by atoms with Crippen molar-refractivity contribution in [2.24, 2.45) is 12.0 Å². The van der Waals surface area contributed by atoms with Crippen molar-refractivity contribution in [3.8, 4) is 0 Å². The van der Waals surface area contributed by atoms with E-state index >= 15 is 0 Å². The van der Waals surface area contributed by atoms with Crippen molar-refractivity contribution in [1.29, 1.82) is 0 Å². The lowest BCUT2D eigenvalue weighted by molar-refractivity contribution is 0.472. The summed E-state index contributed by atoms with van der Waals surface area (Å²) in [6, 6.07) is 7.89. The number of halogens is 1. The Morgan fingerprint density at radius 3 is 2.60 bits per heavy atom. The lowest BCUT2D eigenvalue weighted by Crippen LogP contribution is -2.39. The molecule has 1 N–H and O–H groups in total. The van der Waals surface area contributed by atoms with E-state index in [1.165, 1.54) is 5.56 Å². The SMILES string of the molecule is CCCCNC(=NCc1nnc(C)n1C)N(C)Cc1ccc(Cl)cc1. The fraction of sp³-hybridized carbons (Fsp3) is 0.500. The number of nitrogens with one attached hydrogen (secondary N) is 1. The van der Waals surface area contributed by atoms with Gasteiger partial charge in [-0.05, 0) is 31.0 Å². The van der Waals surface area contributed by atoms with Gasteiger partial charge in [0.15, 0.2) is 11.8 Å². The molecule has 1 aromatic heterocycles. The van der Waals surface area contributed by atoms with Gasteiger partial charge in [0.25, 0.3) is 0 Å². The van der Waals surface area contributed by atoms with Crippen molar-refractivity contribution in [2.75, 3.05) is 13.6 Å². The van der Waals surface area contributed by atoms with E-state index in [9.17, 15) is 0 Å². The summed E-state index contributed by atoms with van der Waals surface area (Å²) in [4.78, 5) is 6.85. The standard InChI is InChI=1S/C18H27ClN6/c1-5-6-11-20-18(21-12-17-23-22-14(2)25(17)4)24(3)13-15-7-9-16(19)10-8-15/h7-10H,5-6,11-13H2,1-4H3,(H,20,21). The summed E-state index contributed by atoms with van der Waals surface area (Å²) in [6.45, 7) is 6.27. The second-order valence-corrected chi connectivity index (χ2v) is 6.56. The fourth-order valence-electron chi connectivity index (χ4n) is 2.36. The van der Waals surface area contributed by atoms with Crippen LogP contribution in [-0.2, 0) is 20.1 Å². The zero-order valence-electron chi connectivity index (χ0n) is 15.5. The largest absolute Gasteiger partial charge is 0.356 e. The molecule has 0 saturated heterocycles. The first-order chi connectivity index (χ1) is 12.0. The first kappa shape index (κ1) is 19.2. The lowest BCUT2D eigenvalue weighted by atomic mass is 10.2. The topological polar surface area (TPSA) is 58.3 Å². The first-order valence-electron chi connectivity index (χ1n) is 8.60. The summed E-state index contributed by atoms with van der Waals surface area (Å²) in [5.74, 6) is 2.61. The highest BCUT2D eigenvalue weighted by Crippen LogP contribution is 2.11. The van der Waals surface area contributed by atoms with Crippen LogP contribution >= 0.6 is 11.6 Å². The van der Waals surface area contributed by atoms with Gasteiger partial charge in [0.05, 0.1) is 0 Å². The highest BCUT2D eigenvalue weighted by Gasteiger charge is 2.09. The van der Waals surface area contributed by atoms with E-state index in [1.54, 1.807) is 0 Å². The average molecular weight is 363 g/mol. The molecule has 7 heteroatoms. The Morgan fingerprint density at radius 2 is 2.00 bits per heavy atom. The zero-order valence-corrected chi connectivity index (χ0v) is 16.2. The molecular formula is C18H27ClN6. The number of hydrogen-bond acceptors (Lipinski definition) is 3. The fourth-order valence-corrected chi connectivity index (χ4v) is 2.49. The van der Waals surface area contributed by atoms with Crippen LogP contribution in [0.15, 0.2) is 29.3 Å². The van der Waals surface area contributed by atoms with Crippen LogP contribution in [0.2, 0.25) is 5.02 Å². The Kier molecular flexibility index (Phi) is 7.25. The molecule has 0 bridgehead atoms. The van der Waals surface area contributed by atoms with Gasteiger partial charge >= 0.3 is 0 Å². The second-order valence-electron chi connectivity index (χ2n) is 6.13. The molecule has 0 unspecified atom stereocenters. The van der Waals surface area contributed by atoms with Gasteiger partial charge in [0.1, 0.15) is 12.4 Å². The maximum absolute atomic E-state index is 5.96. The third kappa shape index (κ3) is 5.74. The molecule has 0 aliphatic carbocycles. The number of aromatic nitrogens is 3. The van der Waals surface area contributed by atoms with Gasteiger partial charge in [-0.25, -0.2) is 4.99 Å². The molecule has 0 atom stereocenters. The quantitative estimate of drug-likeness (QED) is 0.467. The van der Waals surface area contributed by atoms with Gasteiger partial charge in [-0.15, -0.1) is 10.2 Å². The van der Waals surface area contributed by atoms with E-state index in [4.69, 9.17) is 16.6 Å². The number of rotatable bonds is 7. The van der Waals surface area contributed by atoms with Gasteiger partial charge in [-0.1, -0.05) is 37.1 Å². The van der Waals surface area contributed by atoms with Crippen molar-refractivity contribution in [2.45, 2.75) is 39.8 Å². The van der Waals surface area contributed by atoms with Crippen molar-refractivity contribution in [3.05, 3.63) is 46.5 Å². The molecule has 136 valence electrons. The van der Waals surface area contributed by atoms with Crippen molar-refractivity contribution in [1.82, 2.24) is 25.0 Å². The summed E-state index contributed by atoms with van der Waals surface area (Å²) in [5.41, 5.74) is 1.19. The van der Waals surface area contributed by atoms with Crippen LogP contribution in [0.25, 0.3) is 0 Å². The average Bonchev–Trinajstić information content (AvgIpc) is 2.92. The number of unbranched alkanes of at least 4 members (excludes halogenated alkanes) is 1. The monoisotopic (exact) mass is 362 g/mol. The van der Waals surface area contributed by atoms with Crippen LogP contribution in [0.4, 0.5) is 0 Å². The minimum absolute atomic E-state index is 0.497. The number of nitrogens with zero attached hydrogens (tertiary/aromatic N) is 5. The number of aliphatic imine (C=N–C) groups is 1. The molecule has 1 aromatic carbocycles. The van der Waals surface area contributed by atoms with Crippen LogP contribution in [-0.4, -0.2) is 39.2 Å². The minimum Gasteiger partial charge on any atom is -0.356 e. The van der Waals surface area contributed by atoms with Gasteiger partial charge in [-0.3, -0.25) is 0 Å². The second kappa shape index (κ2) is 9.42. The third-order valence-electron chi connectivity index (χ3n) is 4.06. The number of benzene rings is 1. The molecule has 0 amide bonds. The van der Waals surface area contributed by atoms with Gasteiger partial charge in [0.2, 0.25) is 0 Å². The summed E-state index contributed by atoms with van der Waals surface area (Å²) >= 11 is 5.96. The molecule has 0 aliphatic heterocycles. The molecule has 0 saturated carbocycles. The molecule has 0 spiro atoms. The van der Waals surface area contributed by atoms with E-state index in [0.717, 1.165) is 48.6 Å². The van der Waals surface area contributed by atoms with Gasteiger partial charge in [-0.2, -0.15) is 0 Å². The van der Waals surface area contributed by atoms with Crippen molar-refractivity contribution < 1.29 is 0 Å². The molecule has 0 radical (unpaired) electrons. The number of guanidine groups is 1. The van der Waals surface area contributed by atoms with E-state index < -0.39 is 0 Å². The Morgan fingerprint density at radius 1 is 1.28 bits per heavy atom. The van der Waals surface area contributed by atoms with Crippen LogP contribution in [0.1, 0.15) is 37.0 Å². The number of hydrogen-bond donors (Lipinski definition) is 1. The summed E-state index contributed by atoms with van der Waals surface area (Å²) in [7, 11) is 4.00. The predicted octanol–water partition coefficient (Wildman–Crippen LogP) is 3.15. The summed E-state index contributed by atoms with van der Waals surface area (Å²) < 4.78 is 1.96. The maximum Gasteiger partial charge on any atom is 0.194 e. The van der Waals surface area contributed by atoms with E-state index in [1.807, 2.05) is 49.9 Å². The molecule has 25 heavy (non-hydrogen) atoms. The Labute approximate surface area is 154 Å². The zero-order chi connectivity index (χ0) is 18.2. The number of aryl methyl sites for hydroxylation is 1. The molecular weight excluding hydrogens is 336 g/mol. The van der Waals surface area contributed by atoms with Crippen molar-refractivity contribution >= 4 is 17.6 Å². The highest BCUT2D eigenvalue weighted by atomic mass is 35.5. The minimum atomic E-state index is 0.497. The van der Waals surface area contributed by atoms with Crippen LogP contribution in [0.5, 0.6) is 0 Å². The molecule has 0 aliphatic rings. The maximum atomic E-state index is 5.96. The lowest BCUT2D eigenvalue weighted by Gasteiger charge is -2.22. The van der Waals surface area contributed by atoms with Gasteiger partial charge < -0.3 is 14.8 Å². The van der Waals surface area contributed by atoms with E-state index in [0.29, 0.717) is 6.54 Å². The first-order valence-corrected chi connectivity index (χ1v) is 8.97. The summed E-state index contributed by atoms with van der Waals surface area (Å²) in [6.07, 6.45) is 2.25. The van der Waals surface area contributed by atoms with Crippen LogP contribution in [0, 0.1) is 6.92 Å². The summed E-state index contributed by atoms with van der Waals surface area (Å²) in [5, 5.41) is 12.5. The molecule has 0 fully saturated rings. The highest BCUT2D eigenvalue weighted by molar-refractivity contribution is 6.30. The van der Waals surface area contributed by atoms with Crippen molar-refractivity contribution in [3.63, 3.8) is 0 Å². The Hall–Kier alpha value is -2.08.